The smallest absolute Gasteiger partial charge is 0.356 e. The summed E-state index contributed by atoms with van der Waals surface area (Å²) in [5, 5.41) is 20.6. The molecule has 0 saturated carbocycles. The molecule has 1 N–H and O–H groups in total. The maximum Gasteiger partial charge on any atom is 0.356 e. The van der Waals surface area contributed by atoms with Gasteiger partial charge < -0.3 is 5.11 Å². The normalized spacial score (nSPS) is 10.3. The SMILES string of the molecule is Cn1nnnc1Sc1cnc(C(=O)O)cn1. The second-order valence-electron chi connectivity index (χ2n) is 2.73. The molecule has 0 unspecified atom stereocenters. The number of hydrogen-bond donors (Lipinski definition) is 1. The molecule has 0 aliphatic rings. The van der Waals surface area contributed by atoms with Crippen molar-refractivity contribution in [2.75, 3.05) is 0 Å². The highest BCUT2D eigenvalue weighted by Crippen LogP contribution is 2.21. The number of nitrogens with zero attached hydrogens (tertiary/aromatic N) is 6. The first-order valence-electron chi connectivity index (χ1n) is 4.12. The van der Waals surface area contributed by atoms with E-state index in [1.165, 1.54) is 28.8 Å². The monoisotopic (exact) mass is 238 g/mol. The molecular weight excluding hydrogens is 232 g/mol. The van der Waals surface area contributed by atoms with Gasteiger partial charge in [0.05, 0.1) is 12.4 Å². The van der Waals surface area contributed by atoms with E-state index in [1.807, 2.05) is 0 Å². The van der Waals surface area contributed by atoms with Crippen molar-refractivity contribution < 1.29 is 9.90 Å². The van der Waals surface area contributed by atoms with Crippen molar-refractivity contribution in [1.29, 1.82) is 0 Å². The molecule has 0 bridgehead atoms. The Labute approximate surface area is 93.7 Å². The van der Waals surface area contributed by atoms with E-state index in [0.717, 1.165) is 0 Å². The van der Waals surface area contributed by atoms with Gasteiger partial charge in [-0.05, 0) is 22.2 Å². The van der Waals surface area contributed by atoms with Gasteiger partial charge >= 0.3 is 5.97 Å². The summed E-state index contributed by atoms with van der Waals surface area (Å²) in [6, 6.07) is 0. The Morgan fingerprint density at radius 2 is 2.25 bits per heavy atom. The average molecular weight is 238 g/mol. The molecule has 2 aromatic heterocycles. The van der Waals surface area contributed by atoms with E-state index in [0.29, 0.717) is 10.2 Å². The zero-order chi connectivity index (χ0) is 11.5. The van der Waals surface area contributed by atoms with Crippen molar-refractivity contribution in [3.05, 3.63) is 18.1 Å². The van der Waals surface area contributed by atoms with Crippen LogP contribution in [0.25, 0.3) is 0 Å². The third-order valence-corrected chi connectivity index (χ3v) is 2.57. The molecule has 9 heteroatoms. The zero-order valence-corrected chi connectivity index (χ0v) is 8.92. The Bertz CT molecular complexity index is 510. The summed E-state index contributed by atoms with van der Waals surface area (Å²) >= 11 is 1.20. The first-order chi connectivity index (χ1) is 7.66. The van der Waals surface area contributed by atoms with Gasteiger partial charge in [0.15, 0.2) is 5.69 Å². The molecule has 82 valence electrons. The number of tetrazole rings is 1. The standard InChI is InChI=1S/C7H6N6O2S/c1-13-7(10-11-12-13)16-5-3-8-4(2-9-5)6(14)15/h2-3H,1H3,(H,14,15). The largest absolute Gasteiger partial charge is 0.476 e. The number of aromatic nitrogens is 6. The summed E-state index contributed by atoms with van der Waals surface area (Å²) in [7, 11) is 1.70. The van der Waals surface area contributed by atoms with E-state index >= 15 is 0 Å². The molecule has 2 aromatic rings. The van der Waals surface area contributed by atoms with Crippen LogP contribution < -0.4 is 0 Å². The van der Waals surface area contributed by atoms with Crippen LogP contribution in [-0.2, 0) is 7.05 Å². The number of aryl methyl sites for hydroxylation is 1. The van der Waals surface area contributed by atoms with Crippen molar-refractivity contribution in [3.8, 4) is 0 Å². The van der Waals surface area contributed by atoms with Gasteiger partial charge in [-0.15, -0.1) is 5.10 Å². The fraction of sp³-hybridized carbons (Fsp3) is 0.143. The minimum atomic E-state index is -1.11. The number of hydrogen-bond acceptors (Lipinski definition) is 7. The van der Waals surface area contributed by atoms with Gasteiger partial charge in [-0.3, -0.25) is 0 Å². The quantitative estimate of drug-likeness (QED) is 0.786. The van der Waals surface area contributed by atoms with Crippen molar-refractivity contribution in [2.45, 2.75) is 10.2 Å². The molecule has 2 rings (SSSR count). The number of rotatable bonds is 3. The third-order valence-electron chi connectivity index (χ3n) is 1.62. The fourth-order valence-electron chi connectivity index (χ4n) is 0.881. The van der Waals surface area contributed by atoms with Gasteiger partial charge in [0.2, 0.25) is 5.16 Å². The minimum Gasteiger partial charge on any atom is -0.476 e. The summed E-state index contributed by atoms with van der Waals surface area (Å²) in [5.41, 5.74) is -0.0968. The van der Waals surface area contributed by atoms with Crippen LogP contribution in [0.4, 0.5) is 0 Å². The number of aromatic carboxylic acids is 1. The second kappa shape index (κ2) is 4.23. The van der Waals surface area contributed by atoms with Gasteiger partial charge in [0, 0.05) is 7.05 Å². The summed E-state index contributed by atoms with van der Waals surface area (Å²) in [6.07, 6.45) is 2.55. The number of carboxylic acid groups (broad SMARTS) is 1. The summed E-state index contributed by atoms with van der Waals surface area (Å²) < 4.78 is 1.48. The van der Waals surface area contributed by atoms with E-state index in [9.17, 15) is 4.79 Å². The van der Waals surface area contributed by atoms with Gasteiger partial charge in [-0.1, -0.05) is 0 Å². The Morgan fingerprint density at radius 1 is 1.44 bits per heavy atom. The first-order valence-corrected chi connectivity index (χ1v) is 4.94. The van der Waals surface area contributed by atoms with E-state index < -0.39 is 5.97 Å². The Hall–Kier alpha value is -2.03. The lowest BCUT2D eigenvalue weighted by molar-refractivity contribution is 0.0689. The molecule has 0 fully saturated rings. The van der Waals surface area contributed by atoms with E-state index in [1.54, 1.807) is 7.05 Å². The molecule has 0 radical (unpaired) electrons. The molecule has 0 atom stereocenters. The molecule has 0 saturated heterocycles. The minimum absolute atomic E-state index is 0.0968. The van der Waals surface area contributed by atoms with Crippen LogP contribution in [0.1, 0.15) is 10.5 Å². The highest BCUT2D eigenvalue weighted by molar-refractivity contribution is 7.99. The molecule has 16 heavy (non-hydrogen) atoms. The maximum atomic E-state index is 10.5. The Kier molecular flexibility index (Phi) is 2.77. The van der Waals surface area contributed by atoms with Crippen LogP contribution in [0.3, 0.4) is 0 Å². The van der Waals surface area contributed by atoms with Crippen LogP contribution in [0.5, 0.6) is 0 Å². The second-order valence-corrected chi connectivity index (χ2v) is 3.72. The van der Waals surface area contributed by atoms with Crippen LogP contribution >= 0.6 is 11.8 Å². The van der Waals surface area contributed by atoms with Crippen molar-refractivity contribution >= 4 is 17.7 Å². The number of carbonyl (C=O) groups is 1. The lowest BCUT2D eigenvalue weighted by Gasteiger charge is -1.98. The van der Waals surface area contributed by atoms with Crippen LogP contribution in [0.2, 0.25) is 0 Å². The molecule has 0 aromatic carbocycles. The fourth-order valence-corrected chi connectivity index (χ4v) is 1.52. The molecule has 2 heterocycles. The highest BCUT2D eigenvalue weighted by Gasteiger charge is 2.08. The molecule has 0 spiro atoms. The Balaban J connectivity index is 2.17. The molecule has 0 aliphatic carbocycles. The first kappa shape index (κ1) is 10.5. The van der Waals surface area contributed by atoms with Crippen molar-refractivity contribution in [1.82, 2.24) is 30.2 Å². The Morgan fingerprint density at radius 3 is 2.75 bits per heavy atom. The molecular formula is C7H6N6O2S. The summed E-state index contributed by atoms with van der Waals surface area (Å²) in [5.74, 6) is -1.11. The predicted molar refractivity (Wildman–Crippen MR) is 51.9 cm³/mol. The van der Waals surface area contributed by atoms with Gasteiger partial charge in [-0.25, -0.2) is 19.4 Å². The van der Waals surface area contributed by atoms with Gasteiger partial charge in [0.25, 0.3) is 0 Å². The van der Waals surface area contributed by atoms with Crippen LogP contribution in [-0.4, -0.2) is 41.3 Å². The van der Waals surface area contributed by atoms with Gasteiger partial charge in [-0.2, -0.15) is 0 Å². The van der Waals surface area contributed by atoms with E-state index in [-0.39, 0.29) is 5.69 Å². The molecule has 0 aliphatic heterocycles. The van der Waals surface area contributed by atoms with Crippen LogP contribution in [0.15, 0.2) is 22.6 Å². The van der Waals surface area contributed by atoms with Crippen molar-refractivity contribution in [2.24, 2.45) is 7.05 Å². The molecule has 0 amide bonds. The predicted octanol–water partition coefficient (Wildman–Crippen LogP) is -0.151. The summed E-state index contributed by atoms with van der Waals surface area (Å²) in [6.45, 7) is 0. The third kappa shape index (κ3) is 2.14. The van der Waals surface area contributed by atoms with Crippen LogP contribution in [0, 0.1) is 0 Å². The summed E-state index contributed by atoms with van der Waals surface area (Å²) in [4.78, 5) is 18.2. The highest BCUT2D eigenvalue weighted by atomic mass is 32.2. The molecule has 8 nitrogen and oxygen atoms in total. The van der Waals surface area contributed by atoms with Gasteiger partial charge in [0.1, 0.15) is 5.03 Å². The lowest BCUT2D eigenvalue weighted by Crippen LogP contribution is -2.01. The topological polar surface area (TPSA) is 107 Å². The van der Waals surface area contributed by atoms with E-state index in [4.69, 9.17) is 5.11 Å². The van der Waals surface area contributed by atoms with E-state index in [2.05, 4.69) is 25.5 Å². The van der Waals surface area contributed by atoms with Crippen molar-refractivity contribution in [3.63, 3.8) is 0 Å². The average Bonchev–Trinajstić information content (AvgIpc) is 2.65. The maximum absolute atomic E-state index is 10.5. The zero-order valence-electron chi connectivity index (χ0n) is 8.10. The number of carboxylic acids is 1. The lowest BCUT2D eigenvalue weighted by atomic mass is 10.5.